The fourth-order valence-electron chi connectivity index (χ4n) is 5.08. The minimum atomic E-state index is -5.09. The Bertz CT molecular complexity index is 1810. The molecule has 1 N–H and O–H groups in total. The Kier molecular flexibility index (Phi) is 13.7. The second-order valence-electron chi connectivity index (χ2n) is 13.9. The average Bonchev–Trinajstić information content (AvgIpc) is 3.68. The van der Waals surface area contributed by atoms with Gasteiger partial charge < -0.3 is 37.6 Å². The largest absolute Gasteiger partial charge is 0.496 e. The molecule has 1 fully saturated rings. The molecule has 0 spiro atoms. The predicted molar refractivity (Wildman–Crippen MR) is 199 cm³/mol. The minimum Gasteiger partial charge on any atom is -0.496 e. The van der Waals surface area contributed by atoms with Gasteiger partial charge in [-0.3, -0.25) is 10.1 Å². The van der Waals surface area contributed by atoms with Crippen molar-refractivity contribution in [2.24, 2.45) is 4.99 Å². The standard InChI is InChI=1S/C35H47F3N6O7SSi/c1-34(2,3)53(9,10)50-17-28-27(49-21-52-18-24-25(47-7)13-23(46-6)14-26(24)48-8)15-29(51-28)44-16-22(11-12-39-33(45)35(36,37)38)30-31(42-20-43(4)5)40-19-41-32(30)44/h13-14,16,19-20,27-29H,15,17-18,21H2,1-10H3,(H,39,45)/b42-20+/t27?,28-,29-/m1/s1. The van der Waals surface area contributed by atoms with E-state index in [0.29, 0.717) is 46.4 Å². The van der Waals surface area contributed by atoms with E-state index in [1.807, 2.05) is 0 Å². The molecule has 0 bridgehead atoms. The molecule has 290 valence electrons. The molecule has 53 heavy (non-hydrogen) atoms. The first-order chi connectivity index (χ1) is 24.9. The number of rotatable bonds is 14. The molecule has 1 unspecified atom stereocenters. The summed E-state index contributed by atoms with van der Waals surface area (Å²) >= 11 is 1.53. The van der Waals surface area contributed by atoms with Crippen LogP contribution in [-0.4, -0.2) is 106 Å². The van der Waals surface area contributed by atoms with E-state index in [2.05, 4.69) is 60.8 Å². The molecule has 3 heterocycles. The number of methoxy groups -OCH3 is 3. The van der Waals surface area contributed by atoms with Crippen molar-refractivity contribution in [3.8, 4) is 29.2 Å². The summed E-state index contributed by atoms with van der Waals surface area (Å²) in [4.78, 5) is 26.4. The molecular formula is C35H47F3N6O7SSi. The van der Waals surface area contributed by atoms with E-state index in [1.165, 1.54) is 24.4 Å². The molecule has 2 aromatic heterocycles. The Morgan fingerprint density at radius 2 is 1.83 bits per heavy atom. The highest BCUT2D eigenvalue weighted by Crippen LogP contribution is 2.41. The lowest BCUT2D eigenvalue weighted by molar-refractivity contribution is -0.172. The topological polar surface area (TPSA) is 131 Å². The van der Waals surface area contributed by atoms with Crippen molar-refractivity contribution in [3.63, 3.8) is 0 Å². The molecule has 3 aromatic rings. The van der Waals surface area contributed by atoms with Gasteiger partial charge in [-0.25, -0.2) is 15.0 Å². The van der Waals surface area contributed by atoms with Gasteiger partial charge in [0.1, 0.15) is 41.6 Å². The number of benzene rings is 1. The van der Waals surface area contributed by atoms with Crippen LogP contribution in [0, 0.1) is 12.0 Å². The highest BCUT2D eigenvalue weighted by Gasteiger charge is 2.43. The summed E-state index contributed by atoms with van der Waals surface area (Å²) < 4.78 is 76.6. The number of nitrogens with zero attached hydrogens (tertiary/aromatic N) is 5. The summed E-state index contributed by atoms with van der Waals surface area (Å²) in [5.41, 5.74) is 1.49. The lowest BCUT2D eigenvalue weighted by atomic mass is 10.2. The average molecular weight is 781 g/mol. The molecule has 0 radical (unpaired) electrons. The number of alkyl halides is 3. The Hall–Kier alpha value is -4.02. The third-order valence-corrected chi connectivity index (χ3v) is 14.3. The Morgan fingerprint density at radius 1 is 1.15 bits per heavy atom. The SMILES string of the molecule is COc1cc(OC)c(CSCOC2C[C@H](n3cc(C#CNC(=O)C(F)(F)F)c4c(/N=C/N(C)C)ncnc43)O[C@@H]2CO[Si](C)(C)C(C)(C)C)c(OC)c1. The van der Waals surface area contributed by atoms with Crippen molar-refractivity contribution in [1.29, 1.82) is 0 Å². The van der Waals surface area contributed by atoms with Crippen molar-refractivity contribution in [2.45, 2.75) is 75.7 Å². The zero-order chi connectivity index (χ0) is 39.1. The van der Waals surface area contributed by atoms with E-state index in [4.69, 9.17) is 28.1 Å². The van der Waals surface area contributed by atoms with Gasteiger partial charge in [-0.1, -0.05) is 20.8 Å². The summed E-state index contributed by atoms with van der Waals surface area (Å²) in [6.07, 6.45) is -1.72. The van der Waals surface area contributed by atoms with E-state index in [9.17, 15) is 18.0 Å². The fourth-order valence-corrected chi connectivity index (χ4v) is 6.94. The minimum absolute atomic E-state index is 0.0418. The second kappa shape index (κ2) is 17.4. The number of hydrogen-bond donors (Lipinski definition) is 1. The van der Waals surface area contributed by atoms with Crippen LogP contribution in [0.3, 0.4) is 0 Å². The number of fused-ring (bicyclic) bond motifs is 1. The maximum Gasteiger partial charge on any atom is 0.472 e. The van der Waals surface area contributed by atoms with Crippen LogP contribution in [0.2, 0.25) is 18.1 Å². The van der Waals surface area contributed by atoms with Crippen molar-refractivity contribution < 1.29 is 46.1 Å². The molecule has 4 rings (SSSR count). The summed E-state index contributed by atoms with van der Waals surface area (Å²) in [6, 6.07) is 5.73. The Balaban J connectivity index is 1.64. The number of carbonyl (C=O) groups excluding carboxylic acids is 1. The maximum atomic E-state index is 12.9. The van der Waals surface area contributed by atoms with E-state index in [0.717, 1.165) is 5.56 Å². The summed E-state index contributed by atoms with van der Waals surface area (Å²) in [7, 11) is 6.13. The maximum absolute atomic E-state index is 12.9. The highest BCUT2D eigenvalue weighted by atomic mass is 32.2. The summed E-state index contributed by atoms with van der Waals surface area (Å²) in [5, 5.41) is 1.92. The molecule has 1 amide bonds. The Labute approximate surface area is 313 Å². The van der Waals surface area contributed by atoms with Crippen LogP contribution in [0.25, 0.3) is 11.0 Å². The van der Waals surface area contributed by atoms with Gasteiger partial charge in [-0.15, -0.1) is 11.8 Å². The summed E-state index contributed by atoms with van der Waals surface area (Å²) in [5.74, 6) is 3.39. The number of ether oxygens (including phenoxy) is 5. The van der Waals surface area contributed by atoms with Crippen LogP contribution >= 0.6 is 11.8 Å². The number of hydrogen-bond acceptors (Lipinski definition) is 11. The van der Waals surface area contributed by atoms with Crippen LogP contribution in [0.1, 0.15) is 44.5 Å². The predicted octanol–water partition coefficient (Wildman–Crippen LogP) is 6.25. The summed E-state index contributed by atoms with van der Waals surface area (Å²) in [6.45, 7) is 11.1. The molecule has 0 aliphatic carbocycles. The fraction of sp³-hybridized carbons (Fsp3) is 0.543. The molecule has 1 saturated heterocycles. The first-order valence-corrected chi connectivity index (χ1v) is 20.7. The van der Waals surface area contributed by atoms with Crippen LogP contribution in [0.15, 0.2) is 29.6 Å². The molecule has 1 aliphatic heterocycles. The second-order valence-corrected chi connectivity index (χ2v) is 19.6. The van der Waals surface area contributed by atoms with Gasteiger partial charge in [-0.2, -0.15) is 13.2 Å². The number of carbonyl (C=O) groups is 1. The van der Waals surface area contributed by atoms with E-state index in [-0.39, 0.29) is 23.0 Å². The molecule has 18 heteroatoms. The third kappa shape index (κ3) is 10.4. The van der Waals surface area contributed by atoms with E-state index in [1.54, 1.807) is 68.5 Å². The number of amides is 1. The molecule has 1 aliphatic rings. The third-order valence-electron chi connectivity index (χ3n) is 8.97. The van der Waals surface area contributed by atoms with Crippen LogP contribution in [0.5, 0.6) is 17.2 Å². The molecule has 13 nitrogen and oxygen atoms in total. The monoisotopic (exact) mass is 780 g/mol. The molecular weight excluding hydrogens is 734 g/mol. The van der Waals surface area contributed by atoms with E-state index < -0.39 is 38.8 Å². The number of thioether (sulfide) groups is 1. The number of nitrogens with one attached hydrogen (secondary N) is 1. The lowest BCUT2D eigenvalue weighted by Gasteiger charge is -2.37. The van der Waals surface area contributed by atoms with Gasteiger partial charge in [0.25, 0.3) is 0 Å². The number of halogens is 3. The van der Waals surface area contributed by atoms with Crippen LogP contribution in [0.4, 0.5) is 19.0 Å². The first kappa shape index (κ1) is 41.7. The van der Waals surface area contributed by atoms with Crippen molar-refractivity contribution >= 4 is 49.2 Å². The van der Waals surface area contributed by atoms with Crippen LogP contribution < -0.4 is 19.5 Å². The van der Waals surface area contributed by atoms with Gasteiger partial charge in [0.05, 0.1) is 57.3 Å². The van der Waals surface area contributed by atoms with Crippen molar-refractivity contribution in [1.82, 2.24) is 24.8 Å². The molecule has 0 saturated carbocycles. The zero-order valence-corrected chi connectivity index (χ0v) is 33.4. The van der Waals surface area contributed by atoms with Crippen molar-refractivity contribution in [3.05, 3.63) is 35.8 Å². The van der Waals surface area contributed by atoms with Gasteiger partial charge in [-0.05, 0) is 24.1 Å². The smallest absolute Gasteiger partial charge is 0.472 e. The number of aromatic nitrogens is 3. The zero-order valence-electron chi connectivity index (χ0n) is 31.6. The van der Waals surface area contributed by atoms with Gasteiger partial charge in [0.15, 0.2) is 14.1 Å². The number of aliphatic imine (C=N–C) groups is 1. The molecule has 3 atom stereocenters. The highest BCUT2D eigenvalue weighted by molar-refractivity contribution is 7.98. The normalized spacial score (nSPS) is 17.9. The first-order valence-electron chi connectivity index (χ1n) is 16.6. The van der Waals surface area contributed by atoms with Gasteiger partial charge >= 0.3 is 12.1 Å². The quantitative estimate of drug-likeness (QED) is 0.0379. The lowest BCUT2D eigenvalue weighted by Crippen LogP contribution is -2.44. The Morgan fingerprint density at radius 3 is 2.42 bits per heavy atom. The van der Waals surface area contributed by atoms with E-state index >= 15 is 0 Å². The van der Waals surface area contributed by atoms with Gasteiger partial charge in [0, 0.05) is 56.2 Å². The van der Waals surface area contributed by atoms with Crippen LogP contribution in [-0.2, 0) is 24.4 Å². The van der Waals surface area contributed by atoms with Crippen molar-refractivity contribution in [2.75, 3.05) is 48.0 Å². The molecule has 1 aromatic carbocycles. The van der Waals surface area contributed by atoms with Gasteiger partial charge in [0.2, 0.25) is 0 Å².